The highest BCUT2D eigenvalue weighted by molar-refractivity contribution is 6.05. The van der Waals surface area contributed by atoms with Gasteiger partial charge in [-0.25, -0.2) is 9.97 Å². The zero-order valence-corrected chi connectivity index (χ0v) is 23.7. The molecule has 0 radical (unpaired) electrons. The topological polar surface area (TPSA) is 25.8 Å². The van der Waals surface area contributed by atoms with E-state index in [2.05, 4.69) is 117 Å². The monoisotopic (exact) mass is 528 g/mol. The molecule has 0 unspecified atom stereocenters. The van der Waals surface area contributed by atoms with Crippen LogP contribution in [-0.2, 0) is 0 Å². The molecule has 2 nitrogen and oxygen atoms in total. The standard InChI is InChI=1S/C39H32N2/c1-5-28(6-2)39-40-37(29-13-8-7-9-14-29)25-38(41-39)31-16-12-15-30(24-31)33-19-20-34(36-18-11-10-17-35(33)36)32-22-26(3)21-27(4)23-32/h5-25H,1H2,2-4H3/b28-6+. The quantitative estimate of drug-likeness (QED) is 0.201. The fourth-order valence-corrected chi connectivity index (χ4v) is 5.60. The number of aromatic nitrogens is 2. The highest BCUT2D eigenvalue weighted by Gasteiger charge is 2.14. The van der Waals surface area contributed by atoms with E-state index < -0.39 is 0 Å². The lowest BCUT2D eigenvalue weighted by molar-refractivity contribution is 1.13. The molecule has 1 aromatic heterocycles. The van der Waals surface area contributed by atoms with Crippen LogP contribution >= 0.6 is 0 Å². The summed E-state index contributed by atoms with van der Waals surface area (Å²) in [6, 6.07) is 41.0. The Morgan fingerprint density at radius 3 is 1.76 bits per heavy atom. The third kappa shape index (κ3) is 5.25. The van der Waals surface area contributed by atoms with E-state index in [0.717, 1.165) is 33.7 Å². The van der Waals surface area contributed by atoms with Crippen LogP contribution in [0.15, 0.2) is 134 Å². The van der Waals surface area contributed by atoms with Gasteiger partial charge in [-0.2, -0.15) is 0 Å². The van der Waals surface area contributed by atoms with Crippen molar-refractivity contribution in [3.63, 3.8) is 0 Å². The fourth-order valence-electron chi connectivity index (χ4n) is 5.60. The first-order valence-electron chi connectivity index (χ1n) is 14.0. The van der Waals surface area contributed by atoms with E-state index in [1.165, 1.54) is 38.6 Å². The second-order valence-corrected chi connectivity index (χ2v) is 10.4. The van der Waals surface area contributed by atoms with Crippen LogP contribution in [0.25, 0.3) is 61.1 Å². The molecule has 0 aliphatic rings. The molecule has 0 fully saturated rings. The summed E-state index contributed by atoms with van der Waals surface area (Å²) < 4.78 is 0. The van der Waals surface area contributed by atoms with Crippen molar-refractivity contribution in [2.24, 2.45) is 0 Å². The number of hydrogen-bond donors (Lipinski definition) is 0. The van der Waals surface area contributed by atoms with Crippen molar-refractivity contribution in [1.82, 2.24) is 9.97 Å². The molecule has 1 heterocycles. The van der Waals surface area contributed by atoms with Crippen LogP contribution in [0, 0.1) is 13.8 Å². The Balaban J connectivity index is 1.50. The molecular weight excluding hydrogens is 496 g/mol. The molecule has 6 rings (SSSR count). The first-order valence-corrected chi connectivity index (χ1v) is 14.0. The van der Waals surface area contributed by atoms with E-state index in [1.54, 1.807) is 0 Å². The fraction of sp³-hybridized carbons (Fsp3) is 0.0769. The smallest absolute Gasteiger partial charge is 0.160 e. The summed E-state index contributed by atoms with van der Waals surface area (Å²) in [4.78, 5) is 9.88. The molecule has 0 saturated heterocycles. The maximum atomic E-state index is 4.99. The van der Waals surface area contributed by atoms with Crippen LogP contribution in [0.5, 0.6) is 0 Å². The van der Waals surface area contributed by atoms with Crippen LogP contribution in [-0.4, -0.2) is 9.97 Å². The largest absolute Gasteiger partial charge is 0.228 e. The maximum absolute atomic E-state index is 4.99. The van der Waals surface area contributed by atoms with Crippen molar-refractivity contribution < 1.29 is 0 Å². The third-order valence-electron chi connectivity index (χ3n) is 7.51. The molecule has 41 heavy (non-hydrogen) atoms. The van der Waals surface area contributed by atoms with Gasteiger partial charge in [0.1, 0.15) is 0 Å². The van der Waals surface area contributed by atoms with Crippen molar-refractivity contribution in [3.8, 4) is 44.8 Å². The SMILES string of the molecule is C=C/C(=C\C)c1nc(-c2ccccc2)cc(-c2cccc(-c3ccc(-c4cc(C)cc(C)c4)c4ccccc34)c2)n1. The van der Waals surface area contributed by atoms with E-state index in [-0.39, 0.29) is 0 Å². The molecule has 0 N–H and O–H groups in total. The maximum Gasteiger partial charge on any atom is 0.160 e. The predicted molar refractivity (Wildman–Crippen MR) is 175 cm³/mol. The van der Waals surface area contributed by atoms with E-state index in [0.29, 0.717) is 5.82 Å². The number of rotatable bonds is 6. The Morgan fingerprint density at radius 1 is 0.561 bits per heavy atom. The van der Waals surface area contributed by atoms with Gasteiger partial charge in [0.05, 0.1) is 11.4 Å². The lowest BCUT2D eigenvalue weighted by Crippen LogP contribution is -1.98. The van der Waals surface area contributed by atoms with Crippen molar-refractivity contribution >= 4 is 16.3 Å². The average Bonchev–Trinajstić information content (AvgIpc) is 3.01. The van der Waals surface area contributed by atoms with Gasteiger partial charge in [0, 0.05) is 16.7 Å². The highest BCUT2D eigenvalue weighted by Crippen LogP contribution is 2.37. The average molecular weight is 529 g/mol. The summed E-state index contributed by atoms with van der Waals surface area (Å²) in [5.41, 5.74) is 12.2. The molecule has 2 heteroatoms. The minimum atomic E-state index is 0.674. The van der Waals surface area contributed by atoms with Crippen LogP contribution in [0.1, 0.15) is 23.9 Å². The third-order valence-corrected chi connectivity index (χ3v) is 7.51. The van der Waals surface area contributed by atoms with Gasteiger partial charge in [-0.05, 0) is 65.9 Å². The van der Waals surface area contributed by atoms with Crippen LogP contribution < -0.4 is 0 Å². The molecule has 5 aromatic carbocycles. The normalized spacial score (nSPS) is 11.5. The highest BCUT2D eigenvalue weighted by atomic mass is 14.9. The van der Waals surface area contributed by atoms with Crippen LogP contribution in [0.2, 0.25) is 0 Å². The first kappa shape index (κ1) is 26.2. The summed E-state index contributed by atoms with van der Waals surface area (Å²) >= 11 is 0. The number of benzene rings is 5. The van der Waals surface area contributed by atoms with Gasteiger partial charge in [-0.15, -0.1) is 0 Å². The Kier molecular flexibility index (Phi) is 7.14. The van der Waals surface area contributed by atoms with Crippen LogP contribution in [0.4, 0.5) is 0 Å². The second-order valence-electron chi connectivity index (χ2n) is 10.4. The van der Waals surface area contributed by atoms with Gasteiger partial charge < -0.3 is 0 Å². The lowest BCUT2D eigenvalue weighted by atomic mass is 9.90. The van der Waals surface area contributed by atoms with Crippen molar-refractivity contribution in [1.29, 1.82) is 0 Å². The second kappa shape index (κ2) is 11.2. The molecule has 0 aliphatic heterocycles. The summed E-state index contributed by atoms with van der Waals surface area (Å²) in [6.07, 6.45) is 3.81. The number of aryl methyl sites for hydroxylation is 2. The van der Waals surface area contributed by atoms with Gasteiger partial charge in [0.15, 0.2) is 5.82 Å². The van der Waals surface area contributed by atoms with E-state index in [4.69, 9.17) is 9.97 Å². The molecule has 0 atom stereocenters. The van der Waals surface area contributed by atoms with Gasteiger partial charge >= 0.3 is 0 Å². The predicted octanol–water partition coefficient (Wildman–Crippen LogP) is 10.5. The molecule has 0 bridgehead atoms. The summed E-state index contributed by atoms with van der Waals surface area (Å²) in [6.45, 7) is 10.3. The molecule has 0 spiro atoms. The zero-order valence-electron chi connectivity index (χ0n) is 23.7. The minimum absolute atomic E-state index is 0.674. The van der Waals surface area contributed by atoms with Crippen LogP contribution in [0.3, 0.4) is 0 Å². The Morgan fingerprint density at radius 2 is 1.12 bits per heavy atom. The molecular formula is C39H32N2. The zero-order chi connectivity index (χ0) is 28.3. The molecule has 0 aliphatic carbocycles. The number of allylic oxidation sites excluding steroid dienone is 3. The summed E-state index contributed by atoms with van der Waals surface area (Å²) in [5, 5.41) is 2.48. The van der Waals surface area contributed by atoms with E-state index in [9.17, 15) is 0 Å². The van der Waals surface area contributed by atoms with Gasteiger partial charge in [0.25, 0.3) is 0 Å². The number of fused-ring (bicyclic) bond motifs is 1. The minimum Gasteiger partial charge on any atom is -0.228 e. The van der Waals surface area contributed by atoms with Gasteiger partial charge in [-0.1, -0.05) is 133 Å². The molecule has 6 aromatic rings. The number of hydrogen-bond acceptors (Lipinski definition) is 2. The Bertz CT molecular complexity index is 1910. The molecule has 198 valence electrons. The summed E-state index contributed by atoms with van der Waals surface area (Å²) in [7, 11) is 0. The molecule has 0 amide bonds. The molecule has 0 saturated carbocycles. The Hall–Kier alpha value is -5.08. The van der Waals surface area contributed by atoms with Gasteiger partial charge in [0.2, 0.25) is 0 Å². The Labute approximate surface area is 242 Å². The van der Waals surface area contributed by atoms with Crippen molar-refractivity contribution in [2.75, 3.05) is 0 Å². The van der Waals surface area contributed by atoms with Crippen molar-refractivity contribution in [2.45, 2.75) is 20.8 Å². The van der Waals surface area contributed by atoms with Gasteiger partial charge in [-0.3, -0.25) is 0 Å². The van der Waals surface area contributed by atoms with E-state index >= 15 is 0 Å². The van der Waals surface area contributed by atoms with Crippen molar-refractivity contribution in [3.05, 3.63) is 151 Å². The first-order chi connectivity index (χ1) is 20.0. The van der Waals surface area contributed by atoms with E-state index in [1.807, 2.05) is 37.3 Å². The lowest BCUT2D eigenvalue weighted by Gasteiger charge is -2.14. The number of nitrogens with zero attached hydrogens (tertiary/aromatic N) is 2. The summed E-state index contributed by atoms with van der Waals surface area (Å²) in [5.74, 6) is 0.674.